The van der Waals surface area contributed by atoms with Gasteiger partial charge in [-0.2, -0.15) is 0 Å². The van der Waals surface area contributed by atoms with Gasteiger partial charge >= 0.3 is 0 Å². The lowest BCUT2D eigenvalue weighted by molar-refractivity contribution is -0.123. The number of imide groups is 1. The van der Waals surface area contributed by atoms with Gasteiger partial charge in [0.05, 0.1) is 37.8 Å². The second kappa shape index (κ2) is 8.62. The van der Waals surface area contributed by atoms with Crippen LogP contribution in [0.4, 0.5) is 5.69 Å². The summed E-state index contributed by atoms with van der Waals surface area (Å²) in [4.78, 5) is 45.2. The molecule has 0 aromatic heterocycles. The molecule has 3 heterocycles. The van der Waals surface area contributed by atoms with Crippen LogP contribution in [0, 0.1) is 18.8 Å². The molecule has 6 rings (SSSR count). The molecule has 2 saturated heterocycles. The minimum Gasteiger partial charge on any atom is -0.493 e. The van der Waals surface area contributed by atoms with Crippen LogP contribution in [0.25, 0.3) is 6.08 Å². The second-order valence-corrected chi connectivity index (χ2v) is 9.61. The van der Waals surface area contributed by atoms with Crippen LogP contribution < -0.4 is 14.4 Å². The Morgan fingerprint density at radius 2 is 1.54 bits per heavy atom. The highest BCUT2D eigenvalue weighted by atomic mass is 16.5. The summed E-state index contributed by atoms with van der Waals surface area (Å²) in [5, 5.41) is 0. The molecule has 0 unspecified atom stereocenters. The highest BCUT2D eigenvalue weighted by Gasteiger charge is 2.64. The zero-order valence-corrected chi connectivity index (χ0v) is 20.8. The number of rotatable bonds is 5. The molecule has 0 bridgehead atoms. The Labute approximate surface area is 214 Å². The van der Waals surface area contributed by atoms with Crippen molar-refractivity contribution in [2.75, 3.05) is 19.1 Å². The van der Waals surface area contributed by atoms with E-state index in [0.717, 1.165) is 16.7 Å². The van der Waals surface area contributed by atoms with Gasteiger partial charge < -0.3 is 14.4 Å². The van der Waals surface area contributed by atoms with Gasteiger partial charge in [0, 0.05) is 11.8 Å². The van der Waals surface area contributed by atoms with Crippen LogP contribution in [0.5, 0.6) is 11.5 Å². The zero-order chi connectivity index (χ0) is 25.8. The molecule has 0 aliphatic carbocycles. The number of methoxy groups -OCH3 is 2. The van der Waals surface area contributed by atoms with Crippen molar-refractivity contribution in [2.24, 2.45) is 11.8 Å². The quantitative estimate of drug-likeness (QED) is 0.386. The molecular formula is C30H26N2O5. The molecule has 0 N–H and O–H groups in total. The standard InChI is InChI=1S/C30H26N2O5/c1-17-8-11-20(12-9-17)32-29(34)24-25(30(32)35)27(28(33)19-10-13-22(36-2)23(16-19)37-3)31-15-14-18-6-4-5-7-21(18)26(24)31/h4-16,24-27H,1-3H3/t24-,25+,26+,27-/m0/s1. The Hall–Kier alpha value is -4.39. The summed E-state index contributed by atoms with van der Waals surface area (Å²) in [6, 6.07) is 18.9. The average Bonchev–Trinajstić information content (AvgIpc) is 3.40. The van der Waals surface area contributed by atoms with E-state index in [9.17, 15) is 14.4 Å². The van der Waals surface area contributed by atoms with Crippen LogP contribution in [-0.2, 0) is 9.59 Å². The van der Waals surface area contributed by atoms with Crippen molar-refractivity contribution in [3.8, 4) is 11.5 Å². The Kier molecular flexibility index (Phi) is 5.37. The number of hydrogen-bond acceptors (Lipinski definition) is 6. The number of aryl methyl sites for hydroxylation is 1. The van der Waals surface area contributed by atoms with Gasteiger partial charge in [-0.25, -0.2) is 4.90 Å². The van der Waals surface area contributed by atoms with Crippen molar-refractivity contribution in [2.45, 2.75) is 19.0 Å². The maximum Gasteiger partial charge on any atom is 0.240 e. The van der Waals surface area contributed by atoms with Gasteiger partial charge in [0.15, 0.2) is 17.3 Å². The van der Waals surface area contributed by atoms with E-state index in [1.165, 1.54) is 19.1 Å². The minimum absolute atomic E-state index is 0.241. The first kappa shape index (κ1) is 23.0. The molecule has 0 saturated carbocycles. The lowest BCUT2D eigenvalue weighted by atomic mass is 9.83. The molecule has 2 amide bonds. The summed E-state index contributed by atoms with van der Waals surface area (Å²) in [5.74, 6) is -1.45. The number of nitrogens with zero attached hydrogens (tertiary/aromatic N) is 2. The normalized spacial score (nSPS) is 23.5. The highest BCUT2D eigenvalue weighted by Crippen LogP contribution is 2.53. The minimum atomic E-state index is -0.843. The van der Waals surface area contributed by atoms with E-state index in [1.807, 2.05) is 60.5 Å². The Morgan fingerprint density at radius 3 is 2.27 bits per heavy atom. The Bertz CT molecular complexity index is 1460. The van der Waals surface area contributed by atoms with E-state index >= 15 is 0 Å². The van der Waals surface area contributed by atoms with Crippen molar-refractivity contribution >= 4 is 29.4 Å². The molecule has 7 nitrogen and oxygen atoms in total. The van der Waals surface area contributed by atoms with Crippen LogP contribution in [-0.4, -0.2) is 42.8 Å². The van der Waals surface area contributed by atoms with Gasteiger partial charge in [0.25, 0.3) is 0 Å². The first-order valence-corrected chi connectivity index (χ1v) is 12.2. The number of fused-ring (bicyclic) bond motifs is 5. The van der Waals surface area contributed by atoms with Crippen LogP contribution in [0.15, 0.2) is 72.9 Å². The SMILES string of the molecule is COc1ccc(C(=O)[C@@H]2[C@@H]3C(=O)N(c4ccc(C)cc4)C(=O)[C@@H]3[C@H]3c4ccccc4C=CN23)cc1OC. The molecule has 3 aliphatic rings. The fraction of sp³-hybridized carbons (Fsp3) is 0.233. The molecule has 186 valence electrons. The maximum atomic E-state index is 14.1. The molecule has 0 spiro atoms. The molecular weight excluding hydrogens is 468 g/mol. The summed E-state index contributed by atoms with van der Waals surface area (Å²) < 4.78 is 10.7. The molecule has 4 atom stereocenters. The summed E-state index contributed by atoms with van der Waals surface area (Å²) in [6.07, 6.45) is 3.79. The first-order valence-electron chi connectivity index (χ1n) is 12.2. The molecule has 3 aromatic carbocycles. The summed E-state index contributed by atoms with van der Waals surface area (Å²) in [7, 11) is 3.04. The number of carbonyl (C=O) groups excluding carboxylic acids is 3. The summed E-state index contributed by atoms with van der Waals surface area (Å²) in [5.41, 5.74) is 3.87. The van der Waals surface area contributed by atoms with Crippen molar-refractivity contribution in [3.63, 3.8) is 0 Å². The zero-order valence-electron chi connectivity index (χ0n) is 20.8. The topological polar surface area (TPSA) is 76.2 Å². The fourth-order valence-corrected chi connectivity index (χ4v) is 5.97. The van der Waals surface area contributed by atoms with Crippen LogP contribution in [0.3, 0.4) is 0 Å². The van der Waals surface area contributed by atoms with Gasteiger partial charge in [-0.15, -0.1) is 0 Å². The van der Waals surface area contributed by atoms with E-state index < -0.39 is 23.9 Å². The van der Waals surface area contributed by atoms with Gasteiger partial charge in [-0.05, 0) is 54.5 Å². The monoisotopic (exact) mass is 494 g/mol. The molecule has 0 radical (unpaired) electrons. The summed E-state index contributed by atoms with van der Waals surface area (Å²) in [6.45, 7) is 1.95. The molecule has 2 fully saturated rings. The number of hydrogen-bond donors (Lipinski definition) is 0. The van der Waals surface area contributed by atoms with Gasteiger partial charge in [-0.1, -0.05) is 42.0 Å². The second-order valence-electron chi connectivity index (χ2n) is 9.61. The predicted molar refractivity (Wildman–Crippen MR) is 138 cm³/mol. The van der Waals surface area contributed by atoms with E-state index in [4.69, 9.17) is 9.47 Å². The first-order chi connectivity index (χ1) is 17.9. The molecule has 3 aliphatic heterocycles. The van der Waals surface area contributed by atoms with E-state index in [0.29, 0.717) is 22.7 Å². The van der Waals surface area contributed by atoms with Crippen LogP contribution >= 0.6 is 0 Å². The van der Waals surface area contributed by atoms with Crippen molar-refractivity contribution in [1.29, 1.82) is 0 Å². The number of ketones is 1. The van der Waals surface area contributed by atoms with Gasteiger partial charge in [0.2, 0.25) is 11.8 Å². The number of amides is 2. The lowest BCUT2D eigenvalue weighted by Crippen LogP contribution is -2.44. The molecule has 3 aromatic rings. The van der Waals surface area contributed by atoms with E-state index in [1.54, 1.807) is 30.3 Å². The largest absolute Gasteiger partial charge is 0.493 e. The third-order valence-electron chi connectivity index (χ3n) is 7.69. The van der Waals surface area contributed by atoms with Crippen molar-refractivity contribution in [1.82, 2.24) is 4.90 Å². The molecule has 7 heteroatoms. The lowest BCUT2D eigenvalue weighted by Gasteiger charge is -2.35. The number of Topliss-reactive ketones (excluding diaryl/α,β-unsaturated/α-hetero) is 1. The third kappa shape index (κ3) is 3.38. The van der Waals surface area contributed by atoms with Crippen molar-refractivity contribution in [3.05, 3.63) is 95.2 Å². The van der Waals surface area contributed by atoms with Crippen LogP contribution in [0.1, 0.15) is 33.1 Å². The van der Waals surface area contributed by atoms with E-state index in [-0.39, 0.29) is 17.6 Å². The Morgan fingerprint density at radius 1 is 0.838 bits per heavy atom. The number of ether oxygens (including phenoxy) is 2. The molecule has 37 heavy (non-hydrogen) atoms. The number of benzene rings is 3. The maximum absolute atomic E-state index is 14.1. The van der Waals surface area contributed by atoms with Gasteiger partial charge in [0.1, 0.15) is 6.04 Å². The fourth-order valence-electron chi connectivity index (χ4n) is 5.97. The summed E-state index contributed by atoms with van der Waals surface area (Å²) >= 11 is 0. The predicted octanol–water partition coefficient (Wildman–Crippen LogP) is 4.41. The van der Waals surface area contributed by atoms with Crippen molar-refractivity contribution < 1.29 is 23.9 Å². The Balaban J connectivity index is 1.48. The van der Waals surface area contributed by atoms with Gasteiger partial charge in [-0.3, -0.25) is 14.4 Å². The number of anilines is 1. The third-order valence-corrected chi connectivity index (χ3v) is 7.69. The smallest absolute Gasteiger partial charge is 0.240 e. The average molecular weight is 495 g/mol. The highest BCUT2D eigenvalue weighted by molar-refractivity contribution is 6.24. The van der Waals surface area contributed by atoms with Crippen LogP contribution in [0.2, 0.25) is 0 Å². The number of carbonyl (C=O) groups is 3. The van der Waals surface area contributed by atoms with E-state index in [2.05, 4.69) is 0 Å².